The minimum absolute atomic E-state index is 0.00513. The Morgan fingerprint density at radius 2 is 2.26 bits per heavy atom. The summed E-state index contributed by atoms with van der Waals surface area (Å²) in [6, 6.07) is 3.40. The molecule has 2 N–H and O–H groups in total. The Hall–Kier alpha value is -2.81. The normalized spacial score (nSPS) is 19.8. The Kier molecular flexibility index (Phi) is 6.12. The number of aromatic nitrogens is 3. The van der Waals surface area contributed by atoms with Gasteiger partial charge in [-0.05, 0) is 32.5 Å². The van der Waals surface area contributed by atoms with Crippen LogP contribution in [0.2, 0.25) is 0 Å². The van der Waals surface area contributed by atoms with E-state index >= 15 is 0 Å². The molecule has 2 amide bonds. The van der Waals surface area contributed by atoms with Gasteiger partial charge in [0.25, 0.3) is 0 Å². The number of nitrogens with zero attached hydrogens (tertiary/aromatic N) is 4. The van der Waals surface area contributed by atoms with Crippen molar-refractivity contribution in [2.75, 3.05) is 20.1 Å². The van der Waals surface area contributed by atoms with Crippen LogP contribution in [0.25, 0.3) is 11.4 Å². The van der Waals surface area contributed by atoms with Gasteiger partial charge in [-0.2, -0.15) is 4.98 Å². The molecular formula is C18H24N6O3. The van der Waals surface area contributed by atoms with Crippen LogP contribution >= 0.6 is 0 Å². The molecule has 9 nitrogen and oxygen atoms in total. The first-order chi connectivity index (χ1) is 13.1. The fraction of sp³-hybridized carbons (Fsp3) is 0.500. The number of pyridine rings is 1. The Balaban J connectivity index is 1.47. The molecule has 3 heterocycles. The monoisotopic (exact) mass is 372 g/mol. The molecule has 9 heteroatoms. The number of likely N-dealkylation sites (N-methyl/N-ethyl adjacent to an activating group) is 2. The van der Waals surface area contributed by atoms with Crippen LogP contribution < -0.4 is 10.6 Å². The molecule has 0 radical (unpaired) electrons. The van der Waals surface area contributed by atoms with Gasteiger partial charge in [0.2, 0.25) is 23.5 Å². The van der Waals surface area contributed by atoms with E-state index in [2.05, 4.69) is 25.8 Å². The van der Waals surface area contributed by atoms with Gasteiger partial charge in [-0.1, -0.05) is 5.16 Å². The van der Waals surface area contributed by atoms with E-state index in [1.54, 1.807) is 18.5 Å². The molecule has 2 atom stereocenters. The van der Waals surface area contributed by atoms with Crippen LogP contribution in [-0.2, 0) is 16.0 Å². The van der Waals surface area contributed by atoms with Crippen molar-refractivity contribution >= 4 is 11.8 Å². The lowest BCUT2D eigenvalue weighted by Crippen LogP contribution is -2.41. The third kappa shape index (κ3) is 4.88. The van der Waals surface area contributed by atoms with E-state index in [9.17, 15) is 9.59 Å². The zero-order valence-corrected chi connectivity index (χ0v) is 15.5. The smallest absolute Gasteiger partial charge is 0.237 e. The molecule has 144 valence electrons. The van der Waals surface area contributed by atoms with Crippen molar-refractivity contribution in [3.63, 3.8) is 0 Å². The largest absolute Gasteiger partial charge is 0.355 e. The summed E-state index contributed by atoms with van der Waals surface area (Å²) in [5, 5.41) is 9.73. The van der Waals surface area contributed by atoms with Crippen molar-refractivity contribution in [1.29, 1.82) is 0 Å². The average molecular weight is 372 g/mol. The summed E-state index contributed by atoms with van der Waals surface area (Å²) in [7, 11) is 1.89. The lowest BCUT2D eigenvalue weighted by Gasteiger charge is -2.17. The first-order valence-corrected chi connectivity index (χ1v) is 9.07. The fourth-order valence-corrected chi connectivity index (χ4v) is 3.19. The van der Waals surface area contributed by atoms with Crippen molar-refractivity contribution in [3.8, 4) is 11.4 Å². The van der Waals surface area contributed by atoms with Crippen molar-refractivity contribution in [2.24, 2.45) is 0 Å². The van der Waals surface area contributed by atoms with Gasteiger partial charge in [-0.25, -0.2) is 0 Å². The molecule has 1 aliphatic heterocycles. The van der Waals surface area contributed by atoms with Gasteiger partial charge in [0.05, 0.1) is 6.04 Å². The summed E-state index contributed by atoms with van der Waals surface area (Å²) >= 11 is 0. The molecule has 3 rings (SSSR count). The molecular weight excluding hydrogens is 348 g/mol. The Bertz CT molecular complexity index is 778. The molecule has 0 aromatic carbocycles. The second-order valence-corrected chi connectivity index (χ2v) is 6.60. The van der Waals surface area contributed by atoms with Crippen LogP contribution in [0, 0.1) is 0 Å². The molecule has 2 aromatic rings. The first kappa shape index (κ1) is 19.0. The highest BCUT2D eigenvalue weighted by molar-refractivity contribution is 5.82. The van der Waals surface area contributed by atoms with E-state index in [0.29, 0.717) is 37.6 Å². The molecule has 1 aliphatic rings. The Labute approximate surface area is 157 Å². The van der Waals surface area contributed by atoms with Crippen molar-refractivity contribution < 1.29 is 14.1 Å². The molecule has 1 saturated heterocycles. The van der Waals surface area contributed by atoms with Crippen LogP contribution in [0.3, 0.4) is 0 Å². The van der Waals surface area contributed by atoms with Gasteiger partial charge in [0.15, 0.2) is 0 Å². The van der Waals surface area contributed by atoms with Crippen LogP contribution in [0.5, 0.6) is 0 Å². The van der Waals surface area contributed by atoms with E-state index in [1.165, 1.54) is 0 Å². The predicted molar refractivity (Wildman–Crippen MR) is 97.5 cm³/mol. The highest BCUT2D eigenvalue weighted by Gasteiger charge is 2.34. The summed E-state index contributed by atoms with van der Waals surface area (Å²) in [6.07, 6.45) is 4.55. The number of carbonyl (C=O) groups excluding carboxylic acids is 2. The van der Waals surface area contributed by atoms with Gasteiger partial charge < -0.3 is 15.2 Å². The molecule has 1 fully saturated rings. The highest BCUT2D eigenvalue weighted by Crippen LogP contribution is 2.17. The second-order valence-electron chi connectivity index (χ2n) is 6.60. The Morgan fingerprint density at radius 1 is 1.41 bits per heavy atom. The van der Waals surface area contributed by atoms with E-state index in [4.69, 9.17) is 4.52 Å². The molecule has 0 saturated carbocycles. The van der Waals surface area contributed by atoms with Gasteiger partial charge >= 0.3 is 0 Å². The van der Waals surface area contributed by atoms with E-state index in [0.717, 1.165) is 5.56 Å². The quantitative estimate of drug-likeness (QED) is 0.723. The van der Waals surface area contributed by atoms with Crippen molar-refractivity contribution in [3.05, 3.63) is 30.4 Å². The number of hydrogen-bond acceptors (Lipinski definition) is 7. The molecule has 2 aromatic heterocycles. The third-order valence-electron chi connectivity index (χ3n) is 4.52. The molecule has 0 spiro atoms. The predicted octanol–water partition coefficient (Wildman–Crippen LogP) is 0.389. The zero-order valence-electron chi connectivity index (χ0n) is 15.5. The maximum atomic E-state index is 12.2. The minimum Gasteiger partial charge on any atom is -0.355 e. The maximum absolute atomic E-state index is 12.2. The lowest BCUT2D eigenvalue weighted by atomic mass is 10.1. The summed E-state index contributed by atoms with van der Waals surface area (Å²) in [5.41, 5.74) is 0.766. The van der Waals surface area contributed by atoms with Gasteiger partial charge in [-0.3, -0.25) is 19.5 Å². The SMILES string of the molecule is CCNC(=O)[C@@H]1C[C@H](NC(=O)CCc2nc(-c3cccnc3)no2)CN1C. The number of likely N-dealkylation sites (tertiary alicyclic amines) is 1. The average Bonchev–Trinajstić information content (AvgIpc) is 3.28. The number of hydrogen-bond donors (Lipinski definition) is 2. The molecule has 0 aliphatic carbocycles. The van der Waals surface area contributed by atoms with Gasteiger partial charge in [-0.15, -0.1) is 0 Å². The number of aryl methyl sites for hydroxylation is 1. The maximum Gasteiger partial charge on any atom is 0.237 e. The standard InChI is InChI=1S/C18H24N6O3/c1-3-20-18(26)14-9-13(11-24(14)2)21-15(25)6-7-16-22-17(23-27-16)12-5-4-8-19-10-12/h4-5,8,10,13-14H,3,6-7,9,11H2,1-2H3,(H,20,26)(H,21,25)/t13-,14-/m0/s1. The summed E-state index contributed by atoms with van der Waals surface area (Å²) in [5.74, 6) is 0.782. The summed E-state index contributed by atoms with van der Waals surface area (Å²) in [4.78, 5) is 34.5. The number of amides is 2. The number of carbonyl (C=O) groups is 2. The van der Waals surface area contributed by atoms with Crippen LogP contribution in [-0.4, -0.2) is 64.1 Å². The van der Waals surface area contributed by atoms with Gasteiger partial charge in [0, 0.05) is 49.9 Å². The Morgan fingerprint density at radius 3 is 3.00 bits per heavy atom. The molecule has 0 bridgehead atoms. The first-order valence-electron chi connectivity index (χ1n) is 9.07. The molecule has 0 unspecified atom stereocenters. The molecule has 27 heavy (non-hydrogen) atoms. The van der Waals surface area contributed by atoms with E-state index in [1.807, 2.05) is 24.9 Å². The lowest BCUT2D eigenvalue weighted by molar-refractivity contribution is -0.125. The van der Waals surface area contributed by atoms with Crippen molar-refractivity contribution in [1.82, 2.24) is 30.7 Å². The summed E-state index contributed by atoms with van der Waals surface area (Å²) < 4.78 is 5.20. The van der Waals surface area contributed by atoms with E-state index < -0.39 is 0 Å². The highest BCUT2D eigenvalue weighted by atomic mass is 16.5. The van der Waals surface area contributed by atoms with Crippen LogP contribution in [0.15, 0.2) is 29.0 Å². The number of rotatable bonds is 7. The summed E-state index contributed by atoms with van der Waals surface area (Å²) in [6.45, 7) is 3.15. The van der Waals surface area contributed by atoms with Crippen LogP contribution in [0.1, 0.15) is 25.7 Å². The van der Waals surface area contributed by atoms with Gasteiger partial charge in [0.1, 0.15) is 0 Å². The fourth-order valence-electron chi connectivity index (χ4n) is 3.19. The second kappa shape index (κ2) is 8.72. The van der Waals surface area contributed by atoms with Crippen molar-refractivity contribution in [2.45, 2.75) is 38.3 Å². The topological polar surface area (TPSA) is 113 Å². The zero-order chi connectivity index (χ0) is 19.2. The number of nitrogens with one attached hydrogen (secondary N) is 2. The van der Waals surface area contributed by atoms with E-state index in [-0.39, 0.29) is 30.3 Å². The minimum atomic E-state index is -0.201. The third-order valence-corrected chi connectivity index (χ3v) is 4.52. The van der Waals surface area contributed by atoms with Crippen LogP contribution in [0.4, 0.5) is 0 Å².